The second-order valence-corrected chi connectivity index (χ2v) is 10.3. The molecule has 2 aliphatic rings. The van der Waals surface area contributed by atoms with Gasteiger partial charge in [-0.15, -0.1) is 0 Å². The summed E-state index contributed by atoms with van der Waals surface area (Å²) in [7, 11) is -3.50. The highest BCUT2D eigenvalue weighted by Crippen LogP contribution is 2.31. The van der Waals surface area contributed by atoms with Crippen LogP contribution in [0.4, 0.5) is 0 Å². The van der Waals surface area contributed by atoms with Crippen molar-refractivity contribution in [1.29, 1.82) is 0 Å². The number of rotatable bonds is 3. The van der Waals surface area contributed by atoms with Gasteiger partial charge in [0, 0.05) is 48.2 Å². The molecule has 7 heteroatoms. The number of hydrogen-bond donors (Lipinski definition) is 1. The van der Waals surface area contributed by atoms with E-state index in [1.54, 1.807) is 6.92 Å². The number of fused-ring (bicyclic) bond motifs is 4. The van der Waals surface area contributed by atoms with Crippen LogP contribution in [0.3, 0.4) is 0 Å². The number of aromatic nitrogens is 1. The standard InChI is InChI=1S/C23H25N3O3S/c1-2-30(28,29)26-14-17-8-4-3-7-16(17)13-22(26)23(27)25-12-11-21-19(15-25)18-9-5-6-10-20(18)24-21/h3-10,22,24H,2,11-15H2,1H3/t22-/m0/s1. The van der Waals surface area contributed by atoms with Crippen molar-refractivity contribution in [2.45, 2.75) is 38.9 Å². The fourth-order valence-electron chi connectivity index (χ4n) is 4.73. The molecule has 0 bridgehead atoms. The average molecular weight is 424 g/mol. The van der Waals surface area contributed by atoms with E-state index in [0.717, 1.165) is 34.0 Å². The molecule has 156 valence electrons. The predicted octanol–water partition coefficient (Wildman–Crippen LogP) is 2.83. The molecule has 2 aromatic carbocycles. The van der Waals surface area contributed by atoms with Gasteiger partial charge >= 0.3 is 0 Å². The maximum Gasteiger partial charge on any atom is 0.241 e. The molecule has 1 atom stereocenters. The predicted molar refractivity (Wildman–Crippen MR) is 116 cm³/mol. The molecular formula is C23H25N3O3S. The summed E-state index contributed by atoms with van der Waals surface area (Å²) in [5, 5.41) is 1.14. The Balaban J connectivity index is 1.48. The third-order valence-corrected chi connectivity index (χ3v) is 8.23. The minimum Gasteiger partial charge on any atom is -0.358 e. The summed E-state index contributed by atoms with van der Waals surface area (Å²) in [6.45, 7) is 3.00. The van der Waals surface area contributed by atoms with Gasteiger partial charge in [-0.1, -0.05) is 42.5 Å². The first kappa shape index (κ1) is 19.3. The van der Waals surface area contributed by atoms with E-state index in [1.165, 1.54) is 10.00 Å². The van der Waals surface area contributed by atoms with Crippen LogP contribution in [-0.4, -0.2) is 46.9 Å². The van der Waals surface area contributed by atoms with E-state index in [-0.39, 0.29) is 18.2 Å². The highest BCUT2D eigenvalue weighted by Gasteiger charge is 2.40. The molecule has 0 saturated heterocycles. The van der Waals surface area contributed by atoms with Crippen LogP contribution >= 0.6 is 0 Å². The van der Waals surface area contributed by atoms with E-state index in [9.17, 15) is 13.2 Å². The molecule has 3 aromatic rings. The second kappa shape index (κ2) is 7.25. The summed E-state index contributed by atoms with van der Waals surface area (Å²) in [5.74, 6) is -0.108. The van der Waals surface area contributed by atoms with Crippen LogP contribution in [0.25, 0.3) is 10.9 Å². The van der Waals surface area contributed by atoms with E-state index >= 15 is 0 Å². The molecule has 2 aliphatic heterocycles. The van der Waals surface area contributed by atoms with Crippen LogP contribution in [0, 0.1) is 0 Å². The van der Waals surface area contributed by atoms with Gasteiger partial charge in [0.05, 0.1) is 5.75 Å². The number of sulfonamides is 1. The number of amides is 1. The maximum atomic E-state index is 13.6. The first-order valence-electron chi connectivity index (χ1n) is 10.4. The summed E-state index contributed by atoms with van der Waals surface area (Å²) >= 11 is 0. The largest absolute Gasteiger partial charge is 0.358 e. The Morgan fingerprint density at radius 3 is 2.60 bits per heavy atom. The number of benzene rings is 2. The Morgan fingerprint density at radius 1 is 1.07 bits per heavy atom. The normalized spacial score (nSPS) is 19.5. The molecule has 0 fully saturated rings. The fourth-order valence-corrected chi connectivity index (χ4v) is 5.95. The molecule has 0 aliphatic carbocycles. The number of hydrogen-bond acceptors (Lipinski definition) is 3. The van der Waals surface area contributed by atoms with Gasteiger partial charge in [-0.2, -0.15) is 4.31 Å². The molecule has 1 N–H and O–H groups in total. The summed E-state index contributed by atoms with van der Waals surface area (Å²) in [6.07, 6.45) is 1.17. The van der Waals surface area contributed by atoms with Crippen LogP contribution < -0.4 is 0 Å². The third-order valence-electron chi connectivity index (χ3n) is 6.41. The highest BCUT2D eigenvalue weighted by atomic mass is 32.2. The average Bonchev–Trinajstić information content (AvgIpc) is 3.15. The van der Waals surface area contributed by atoms with Crippen molar-refractivity contribution in [2.24, 2.45) is 0 Å². The number of carbonyl (C=O) groups excluding carboxylic acids is 1. The molecule has 1 aromatic heterocycles. The number of carbonyl (C=O) groups is 1. The minimum atomic E-state index is -3.50. The Labute approximate surface area is 176 Å². The second-order valence-electron chi connectivity index (χ2n) is 8.07. The minimum absolute atomic E-state index is 0.00839. The number of nitrogens with zero attached hydrogens (tertiary/aromatic N) is 2. The lowest BCUT2D eigenvalue weighted by Crippen LogP contribution is -2.54. The van der Waals surface area contributed by atoms with Gasteiger partial charge < -0.3 is 9.88 Å². The van der Waals surface area contributed by atoms with Gasteiger partial charge in [-0.3, -0.25) is 4.79 Å². The van der Waals surface area contributed by atoms with E-state index in [0.29, 0.717) is 19.5 Å². The fraction of sp³-hybridized carbons (Fsp3) is 0.348. The molecule has 0 saturated carbocycles. The van der Waals surface area contributed by atoms with Crippen LogP contribution in [-0.2, 0) is 40.7 Å². The topological polar surface area (TPSA) is 73.5 Å². The Kier molecular flexibility index (Phi) is 4.67. The van der Waals surface area contributed by atoms with Crippen LogP contribution in [0.2, 0.25) is 0 Å². The van der Waals surface area contributed by atoms with Crippen LogP contribution in [0.5, 0.6) is 0 Å². The van der Waals surface area contributed by atoms with Gasteiger partial charge in [-0.25, -0.2) is 8.42 Å². The lowest BCUT2D eigenvalue weighted by molar-refractivity contribution is -0.136. The molecule has 30 heavy (non-hydrogen) atoms. The first-order chi connectivity index (χ1) is 14.5. The van der Waals surface area contributed by atoms with E-state index < -0.39 is 16.1 Å². The summed E-state index contributed by atoms with van der Waals surface area (Å²) in [4.78, 5) is 18.9. The van der Waals surface area contributed by atoms with E-state index in [4.69, 9.17) is 0 Å². The first-order valence-corrected chi connectivity index (χ1v) is 12.0. The van der Waals surface area contributed by atoms with Crippen molar-refractivity contribution in [3.63, 3.8) is 0 Å². The zero-order valence-corrected chi connectivity index (χ0v) is 17.8. The zero-order valence-electron chi connectivity index (χ0n) is 17.0. The van der Waals surface area contributed by atoms with E-state index in [1.807, 2.05) is 47.4 Å². The molecule has 3 heterocycles. The van der Waals surface area contributed by atoms with Crippen LogP contribution in [0.1, 0.15) is 29.3 Å². The zero-order chi connectivity index (χ0) is 20.9. The molecule has 1 amide bonds. The van der Waals surface area contributed by atoms with Gasteiger partial charge in [-0.05, 0) is 30.5 Å². The summed E-state index contributed by atoms with van der Waals surface area (Å²) in [5.41, 5.74) is 5.44. The van der Waals surface area contributed by atoms with Crippen LogP contribution in [0.15, 0.2) is 48.5 Å². The molecule has 6 nitrogen and oxygen atoms in total. The monoisotopic (exact) mass is 423 g/mol. The van der Waals surface area contributed by atoms with E-state index in [2.05, 4.69) is 11.1 Å². The summed E-state index contributed by atoms with van der Waals surface area (Å²) < 4.78 is 27.1. The molecular weight excluding hydrogens is 398 g/mol. The maximum absolute atomic E-state index is 13.6. The molecule has 0 spiro atoms. The van der Waals surface area contributed by atoms with Crippen molar-refractivity contribution in [1.82, 2.24) is 14.2 Å². The summed E-state index contributed by atoms with van der Waals surface area (Å²) in [6, 6.07) is 15.3. The lowest BCUT2D eigenvalue weighted by atomic mass is 9.94. The van der Waals surface area contributed by atoms with Gasteiger partial charge in [0.15, 0.2) is 0 Å². The number of para-hydroxylation sites is 1. The number of H-pyrrole nitrogens is 1. The number of nitrogens with one attached hydrogen (secondary N) is 1. The lowest BCUT2D eigenvalue weighted by Gasteiger charge is -2.38. The number of aromatic amines is 1. The SMILES string of the molecule is CCS(=O)(=O)N1Cc2ccccc2C[C@H]1C(=O)N1CCc2[nH]c3ccccc3c2C1. The van der Waals surface area contributed by atoms with Crippen molar-refractivity contribution in [2.75, 3.05) is 12.3 Å². The Morgan fingerprint density at radius 2 is 1.80 bits per heavy atom. The Bertz CT molecular complexity index is 1230. The third kappa shape index (κ3) is 3.13. The van der Waals surface area contributed by atoms with Crippen molar-refractivity contribution in [3.8, 4) is 0 Å². The van der Waals surface area contributed by atoms with Gasteiger partial charge in [0.1, 0.15) is 6.04 Å². The highest BCUT2D eigenvalue weighted by molar-refractivity contribution is 7.89. The van der Waals surface area contributed by atoms with Crippen molar-refractivity contribution >= 4 is 26.8 Å². The Hall–Kier alpha value is -2.64. The van der Waals surface area contributed by atoms with Gasteiger partial charge in [0.25, 0.3) is 0 Å². The quantitative estimate of drug-likeness (QED) is 0.704. The smallest absolute Gasteiger partial charge is 0.241 e. The molecule has 0 radical (unpaired) electrons. The van der Waals surface area contributed by atoms with Crippen molar-refractivity contribution < 1.29 is 13.2 Å². The van der Waals surface area contributed by atoms with Gasteiger partial charge in [0.2, 0.25) is 15.9 Å². The molecule has 5 rings (SSSR count). The molecule has 0 unspecified atom stereocenters. The van der Waals surface area contributed by atoms with Crippen molar-refractivity contribution in [3.05, 3.63) is 70.9 Å².